The minimum atomic E-state index is 1.13. The van der Waals surface area contributed by atoms with Crippen molar-refractivity contribution in [1.29, 1.82) is 0 Å². The number of hydrogen-bond donors (Lipinski definition) is 0. The molecule has 0 saturated carbocycles. The maximum absolute atomic E-state index is 2.36. The Kier molecular flexibility index (Phi) is 8.55. The number of fused-ring (bicyclic) bond motifs is 6. The second-order valence-electron chi connectivity index (χ2n) is 14.2. The fraction of sp³-hybridized carbons (Fsp3) is 0. The zero-order chi connectivity index (χ0) is 37.3. The molecule has 0 aliphatic carbocycles. The third-order valence-corrected chi connectivity index (χ3v) is 10.7. The number of nitrogens with zero attached hydrogens (tertiary/aromatic N) is 2. The second-order valence-corrected chi connectivity index (χ2v) is 14.2. The summed E-state index contributed by atoms with van der Waals surface area (Å²) in [7, 11) is 0. The summed E-state index contributed by atoms with van der Waals surface area (Å²) >= 11 is 0. The quantitative estimate of drug-likeness (QED) is 0.114. The van der Waals surface area contributed by atoms with Crippen molar-refractivity contribution in [3.8, 4) is 0 Å². The van der Waals surface area contributed by atoms with Crippen LogP contribution < -0.4 is 9.80 Å². The lowest BCUT2D eigenvalue weighted by molar-refractivity contribution is 1.30. The van der Waals surface area contributed by atoms with Crippen LogP contribution in [-0.2, 0) is 0 Å². The molecule has 0 heterocycles. The SMILES string of the molecule is C(=Cc1ccc2cc(N(c3ccccc3)c3ccccc3)c3ccccc3c2c1)c1ccc2cc(N(c3ccccc3)c3ccccc3)c3ccccc3c2c1. The van der Waals surface area contributed by atoms with E-state index in [4.69, 9.17) is 0 Å². The first-order chi connectivity index (χ1) is 27.8. The molecular formula is C54H38N2. The van der Waals surface area contributed by atoms with Gasteiger partial charge in [0.2, 0.25) is 0 Å². The molecule has 10 rings (SSSR count). The fourth-order valence-corrected chi connectivity index (χ4v) is 8.13. The molecule has 56 heavy (non-hydrogen) atoms. The Labute approximate surface area is 327 Å². The number of rotatable bonds is 8. The first-order valence-corrected chi connectivity index (χ1v) is 19.2. The summed E-state index contributed by atoms with van der Waals surface area (Å²) in [6.07, 6.45) is 4.49. The smallest absolute Gasteiger partial charge is 0.0546 e. The molecule has 0 fully saturated rings. The van der Waals surface area contributed by atoms with Crippen LogP contribution in [-0.4, -0.2) is 0 Å². The van der Waals surface area contributed by atoms with Crippen LogP contribution in [0.4, 0.5) is 34.1 Å². The van der Waals surface area contributed by atoms with E-state index in [1.54, 1.807) is 0 Å². The molecule has 0 aliphatic heterocycles. The third-order valence-electron chi connectivity index (χ3n) is 10.7. The van der Waals surface area contributed by atoms with E-state index < -0.39 is 0 Å². The van der Waals surface area contributed by atoms with Gasteiger partial charge in [0.05, 0.1) is 11.4 Å². The Morgan fingerprint density at radius 2 is 0.554 bits per heavy atom. The highest BCUT2D eigenvalue weighted by Gasteiger charge is 2.18. The van der Waals surface area contributed by atoms with E-state index in [0.29, 0.717) is 0 Å². The summed E-state index contributed by atoms with van der Waals surface area (Å²) in [6.45, 7) is 0. The van der Waals surface area contributed by atoms with Crippen molar-refractivity contribution >= 4 is 89.4 Å². The summed E-state index contributed by atoms with van der Waals surface area (Å²) in [4.78, 5) is 4.73. The van der Waals surface area contributed by atoms with Crippen LogP contribution in [0.2, 0.25) is 0 Å². The van der Waals surface area contributed by atoms with Crippen molar-refractivity contribution in [3.63, 3.8) is 0 Å². The van der Waals surface area contributed by atoms with Gasteiger partial charge in [-0.15, -0.1) is 0 Å². The molecule has 2 nitrogen and oxygen atoms in total. The number of para-hydroxylation sites is 4. The van der Waals surface area contributed by atoms with Gasteiger partial charge in [0.15, 0.2) is 0 Å². The highest BCUT2D eigenvalue weighted by molar-refractivity contribution is 6.16. The summed E-state index contributed by atoms with van der Waals surface area (Å²) in [5, 5.41) is 9.80. The lowest BCUT2D eigenvalue weighted by atomic mass is 9.96. The van der Waals surface area contributed by atoms with Gasteiger partial charge in [-0.2, -0.15) is 0 Å². The summed E-state index contributed by atoms with van der Waals surface area (Å²) in [5.41, 5.74) is 9.18. The molecule has 0 bridgehead atoms. The Balaban J connectivity index is 1.05. The van der Waals surface area contributed by atoms with Gasteiger partial charge in [-0.3, -0.25) is 0 Å². The van der Waals surface area contributed by atoms with E-state index in [1.807, 2.05) is 0 Å². The maximum Gasteiger partial charge on any atom is 0.0546 e. The molecule has 0 saturated heterocycles. The van der Waals surface area contributed by atoms with Crippen molar-refractivity contribution in [2.24, 2.45) is 0 Å². The maximum atomic E-state index is 2.36. The first-order valence-electron chi connectivity index (χ1n) is 19.2. The average Bonchev–Trinajstić information content (AvgIpc) is 3.27. The fourth-order valence-electron chi connectivity index (χ4n) is 8.13. The molecule has 0 amide bonds. The molecule has 10 aromatic rings. The zero-order valence-corrected chi connectivity index (χ0v) is 30.8. The van der Waals surface area contributed by atoms with Gasteiger partial charge in [0, 0.05) is 33.5 Å². The predicted octanol–water partition coefficient (Wildman–Crippen LogP) is 15.4. The molecule has 0 aliphatic rings. The second kappa shape index (κ2) is 14.4. The van der Waals surface area contributed by atoms with Crippen LogP contribution >= 0.6 is 0 Å². The molecule has 2 heteroatoms. The largest absolute Gasteiger partial charge is 0.310 e. The van der Waals surface area contributed by atoms with Crippen LogP contribution in [0.1, 0.15) is 11.1 Å². The number of anilines is 6. The van der Waals surface area contributed by atoms with Crippen LogP contribution in [0.25, 0.3) is 55.2 Å². The molecule has 10 aromatic carbocycles. The topological polar surface area (TPSA) is 6.48 Å². The van der Waals surface area contributed by atoms with E-state index in [1.165, 1.54) is 54.2 Å². The molecule has 0 atom stereocenters. The Bertz CT molecular complexity index is 2720. The van der Waals surface area contributed by atoms with Crippen LogP contribution in [0.3, 0.4) is 0 Å². The molecule has 0 unspecified atom stereocenters. The highest BCUT2D eigenvalue weighted by Crippen LogP contribution is 2.44. The van der Waals surface area contributed by atoms with Gasteiger partial charge in [0.25, 0.3) is 0 Å². The van der Waals surface area contributed by atoms with Gasteiger partial charge in [-0.05, 0) is 116 Å². The molecular weight excluding hydrogens is 677 g/mol. The van der Waals surface area contributed by atoms with Crippen molar-refractivity contribution in [3.05, 3.63) is 230 Å². The van der Waals surface area contributed by atoms with E-state index in [-0.39, 0.29) is 0 Å². The summed E-state index contributed by atoms with van der Waals surface area (Å²) in [6, 6.07) is 78.5. The Hall–Kier alpha value is -7.42. The lowest BCUT2D eigenvalue weighted by Gasteiger charge is -2.27. The van der Waals surface area contributed by atoms with Crippen molar-refractivity contribution in [2.75, 3.05) is 9.80 Å². The van der Waals surface area contributed by atoms with Gasteiger partial charge >= 0.3 is 0 Å². The molecule has 0 radical (unpaired) electrons. The minimum Gasteiger partial charge on any atom is -0.310 e. The standard InChI is InChI=1S/C54H38N2/c1-5-17-43(18-6-1)55(44-19-7-2-8-20-44)53-37-41-33-31-39(35-51(41)47-25-13-15-27-49(47)53)29-30-40-32-34-42-38-54(50-28-16-14-26-48(50)52(42)36-40)56(45-21-9-3-10-22-45)46-23-11-4-12-24-46/h1-38H. The molecule has 264 valence electrons. The molecule has 0 spiro atoms. The van der Waals surface area contributed by atoms with Gasteiger partial charge < -0.3 is 9.80 Å². The Morgan fingerprint density at radius 1 is 0.250 bits per heavy atom. The van der Waals surface area contributed by atoms with Crippen molar-refractivity contribution < 1.29 is 0 Å². The predicted molar refractivity (Wildman–Crippen MR) is 241 cm³/mol. The Morgan fingerprint density at radius 3 is 0.893 bits per heavy atom. The average molecular weight is 715 g/mol. The minimum absolute atomic E-state index is 1.13. The van der Waals surface area contributed by atoms with Gasteiger partial charge in [-0.25, -0.2) is 0 Å². The normalized spacial score (nSPS) is 11.5. The van der Waals surface area contributed by atoms with Gasteiger partial charge in [0.1, 0.15) is 0 Å². The number of hydrogen-bond acceptors (Lipinski definition) is 2. The van der Waals surface area contributed by atoms with Crippen LogP contribution in [0.5, 0.6) is 0 Å². The zero-order valence-electron chi connectivity index (χ0n) is 30.8. The number of benzene rings is 10. The summed E-state index contributed by atoms with van der Waals surface area (Å²) < 4.78 is 0. The van der Waals surface area contributed by atoms with E-state index in [2.05, 4.69) is 240 Å². The van der Waals surface area contributed by atoms with Crippen LogP contribution in [0.15, 0.2) is 218 Å². The van der Waals surface area contributed by atoms with Crippen molar-refractivity contribution in [1.82, 2.24) is 0 Å². The molecule has 0 N–H and O–H groups in total. The van der Waals surface area contributed by atoms with Crippen LogP contribution in [0, 0.1) is 0 Å². The summed E-state index contributed by atoms with van der Waals surface area (Å²) in [5.74, 6) is 0. The van der Waals surface area contributed by atoms with E-state index in [9.17, 15) is 0 Å². The van der Waals surface area contributed by atoms with Gasteiger partial charge in [-0.1, -0.05) is 158 Å². The van der Waals surface area contributed by atoms with Crippen molar-refractivity contribution in [2.45, 2.75) is 0 Å². The lowest BCUT2D eigenvalue weighted by Crippen LogP contribution is -2.10. The molecule has 0 aromatic heterocycles. The van der Waals surface area contributed by atoms with E-state index >= 15 is 0 Å². The third kappa shape index (κ3) is 6.14. The highest BCUT2D eigenvalue weighted by atomic mass is 15.1. The van der Waals surface area contributed by atoms with E-state index in [0.717, 1.165) is 34.1 Å². The monoisotopic (exact) mass is 714 g/mol. The first kappa shape index (κ1) is 33.2.